The molecule has 2 aromatic carbocycles. The Hall–Kier alpha value is -2.16. The zero-order valence-electron chi connectivity index (χ0n) is 10.8. The van der Waals surface area contributed by atoms with E-state index in [9.17, 15) is 0 Å². The Morgan fingerprint density at radius 2 is 1.63 bits per heavy atom. The molecular formula is C16H17N3. The highest BCUT2D eigenvalue weighted by Crippen LogP contribution is 2.24. The molecule has 0 saturated heterocycles. The summed E-state index contributed by atoms with van der Waals surface area (Å²) in [6, 6.07) is 21.1. The van der Waals surface area contributed by atoms with Crippen LogP contribution in [0.3, 0.4) is 0 Å². The van der Waals surface area contributed by atoms with Crippen molar-refractivity contribution < 1.29 is 0 Å². The van der Waals surface area contributed by atoms with Gasteiger partial charge in [-0.15, -0.1) is 0 Å². The van der Waals surface area contributed by atoms with E-state index in [1.165, 1.54) is 11.1 Å². The first kappa shape index (κ1) is 11.9. The van der Waals surface area contributed by atoms with Gasteiger partial charge in [0.15, 0.2) is 0 Å². The van der Waals surface area contributed by atoms with Crippen LogP contribution in [0.15, 0.2) is 71.0 Å². The molecule has 96 valence electrons. The van der Waals surface area contributed by atoms with Crippen molar-refractivity contribution >= 4 is 0 Å². The van der Waals surface area contributed by atoms with Gasteiger partial charge >= 0.3 is 0 Å². The average Bonchev–Trinajstić information content (AvgIpc) is 2.96. The molecule has 2 aromatic rings. The molecule has 3 heteroatoms. The Kier molecular flexibility index (Phi) is 3.54. The summed E-state index contributed by atoms with van der Waals surface area (Å²) in [4.78, 5) is 0. The van der Waals surface area contributed by atoms with Gasteiger partial charge in [-0.25, -0.2) is 0 Å². The third kappa shape index (κ3) is 2.99. The Labute approximate surface area is 113 Å². The van der Waals surface area contributed by atoms with E-state index in [4.69, 9.17) is 0 Å². The molecule has 1 aliphatic heterocycles. The summed E-state index contributed by atoms with van der Waals surface area (Å²) in [5.41, 5.74) is 2.59. The van der Waals surface area contributed by atoms with E-state index in [0.29, 0.717) is 0 Å². The Balaban J connectivity index is 1.54. The van der Waals surface area contributed by atoms with E-state index in [0.717, 1.165) is 19.5 Å². The molecule has 0 spiro atoms. The Morgan fingerprint density at radius 3 is 2.37 bits per heavy atom. The molecule has 0 amide bonds. The largest absolute Gasteiger partial charge is 0.276 e. The molecule has 3 nitrogen and oxygen atoms in total. The summed E-state index contributed by atoms with van der Waals surface area (Å²) in [6.07, 6.45) is 1.02. The maximum Gasteiger partial charge on any atom is 0.117 e. The van der Waals surface area contributed by atoms with E-state index in [-0.39, 0.29) is 6.04 Å². The van der Waals surface area contributed by atoms with Crippen LogP contribution in [0.4, 0.5) is 0 Å². The SMILES string of the molecule is c1ccc(CCN2CC(c3ccccc3)N=N2)cc1. The van der Waals surface area contributed by atoms with Crippen LogP contribution in [0, 0.1) is 0 Å². The zero-order chi connectivity index (χ0) is 12.9. The van der Waals surface area contributed by atoms with Crippen molar-refractivity contribution in [2.75, 3.05) is 13.1 Å². The first-order chi connectivity index (χ1) is 9.42. The fourth-order valence-electron chi connectivity index (χ4n) is 2.29. The first-order valence-corrected chi connectivity index (χ1v) is 6.66. The highest BCUT2D eigenvalue weighted by Gasteiger charge is 2.20. The fraction of sp³-hybridized carbons (Fsp3) is 0.250. The minimum absolute atomic E-state index is 0.192. The van der Waals surface area contributed by atoms with Crippen LogP contribution in [0.5, 0.6) is 0 Å². The second-order valence-electron chi connectivity index (χ2n) is 4.78. The van der Waals surface area contributed by atoms with Crippen LogP contribution in [-0.2, 0) is 6.42 Å². The van der Waals surface area contributed by atoms with Crippen molar-refractivity contribution in [3.63, 3.8) is 0 Å². The van der Waals surface area contributed by atoms with Crippen molar-refractivity contribution in [1.29, 1.82) is 0 Å². The molecule has 1 atom stereocenters. The van der Waals surface area contributed by atoms with Gasteiger partial charge in [-0.1, -0.05) is 65.9 Å². The molecule has 0 bridgehead atoms. The third-order valence-corrected chi connectivity index (χ3v) is 3.39. The molecule has 1 unspecified atom stereocenters. The van der Waals surface area contributed by atoms with Crippen LogP contribution in [0.25, 0.3) is 0 Å². The molecule has 0 radical (unpaired) electrons. The summed E-state index contributed by atoms with van der Waals surface area (Å²) in [5.74, 6) is 0. The predicted octanol–water partition coefficient (Wildman–Crippen LogP) is 3.65. The normalized spacial score (nSPS) is 17.9. The molecule has 0 fully saturated rings. The molecule has 1 heterocycles. The summed E-state index contributed by atoms with van der Waals surface area (Å²) < 4.78 is 0. The lowest BCUT2D eigenvalue weighted by molar-refractivity contribution is 0.313. The molecule has 0 aliphatic carbocycles. The number of nitrogens with zero attached hydrogens (tertiary/aromatic N) is 3. The van der Waals surface area contributed by atoms with Gasteiger partial charge in [0.1, 0.15) is 6.04 Å². The van der Waals surface area contributed by atoms with E-state index >= 15 is 0 Å². The summed E-state index contributed by atoms with van der Waals surface area (Å²) in [5, 5.41) is 10.7. The van der Waals surface area contributed by atoms with E-state index < -0.39 is 0 Å². The van der Waals surface area contributed by atoms with Gasteiger partial charge in [0.05, 0.1) is 6.54 Å². The van der Waals surface area contributed by atoms with Crippen LogP contribution in [-0.4, -0.2) is 18.1 Å². The lowest BCUT2D eigenvalue weighted by Gasteiger charge is -2.13. The van der Waals surface area contributed by atoms with Gasteiger partial charge in [-0.2, -0.15) is 5.11 Å². The number of hydrogen-bond donors (Lipinski definition) is 0. The van der Waals surface area contributed by atoms with Crippen LogP contribution in [0.1, 0.15) is 17.2 Å². The lowest BCUT2D eigenvalue weighted by atomic mass is 10.1. The van der Waals surface area contributed by atoms with Gasteiger partial charge in [-0.3, -0.25) is 5.01 Å². The highest BCUT2D eigenvalue weighted by molar-refractivity contribution is 5.20. The van der Waals surface area contributed by atoms with Gasteiger partial charge in [0.25, 0.3) is 0 Å². The standard InChI is InChI=1S/C16H17N3/c1-3-7-14(8-4-1)11-12-19-13-16(17-18-19)15-9-5-2-6-10-15/h1-10,16H,11-13H2. The lowest BCUT2D eigenvalue weighted by Crippen LogP contribution is -2.20. The average molecular weight is 251 g/mol. The third-order valence-electron chi connectivity index (χ3n) is 3.39. The first-order valence-electron chi connectivity index (χ1n) is 6.66. The summed E-state index contributed by atoms with van der Waals surface area (Å²) in [6.45, 7) is 1.81. The molecule has 0 aromatic heterocycles. The van der Waals surface area contributed by atoms with Gasteiger partial charge in [-0.05, 0) is 17.5 Å². The maximum absolute atomic E-state index is 4.35. The van der Waals surface area contributed by atoms with Crippen molar-refractivity contribution in [3.05, 3.63) is 71.8 Å². The fourth-order valence-corrected chi connectivity index (χ4v) is 2.29. The minimum Gasteiger partial charge on any atom is -0.276 e. The topological polar surface area (TPSA) is 28.0 Å². The number of benzene rings is 2. The van der Waals surface area contributed by atoms with Crippen molar-refractivity contribution in [3.8, 4) is 0 Å². The van der Waals surface area contributed by atoms with Crippen molar-refractivity contribution in [2.45, 2.75) is 12.5 Å². The molecule has 0 saturated carbocycles. The Morgan fingerprint density at radius 1 is 0.947 bits per heavy atom. The summed E-state index contributed by atoms with van der Waals surface area (Å²) >= 11 is 0. The monoisotopic (exact) mass is 251 g/mol. The van der Waals surface area contributed by atoms with Crippen molar-refractivity contribution in [1.82, 2.24) is 5.01 Å². The second-order valence-corrected chi connectivity index (χ2v) is 4.78. The van der Waals surface area contributed by atoms with Crippen LogP contribution < -0.4 is 0 Å². The smallest absolute Gasteiger partial charge is 0.117 e. The van der Waals surface area contributed by atoms with Crippen molar-refractivity contribution in [2.24, 2.45) is 10.3 Å². The minimum atomic E-state index is 0.192. The van der Waals surface area contributed by atoms with Gasteiger partial charge in [0.2, 0.25) is 0 Å². The molecular weight excluding hydrogens is 234 g/mol. The van der Waals surface area contributed by atoms with Crippen LogP contribution in [0.2, 0.25) is 0 Å². The Bertz CT molecular complexity index is 536. The quantitative estimate of drug-likeness (QED) is 0.815. The van der Waals surface area contributed by atoms with Gasteiger partial charge < -0.3 is 0 Å². The number of rotatable bonds is 4. The molecule has 1 aliphatic rings. The second kappa shape index (κ2) is 5.65. The van der Waals surface area contributed by atoms with Crippen LogP contribution >= 0.6 is 0 Å². The predicted molar refractivity (Wildman–Crippen MR) is 75.8 cm³/mol. The maximum atomic E-state index is 4.35. The summed E-state index contributed by atoms with van der Waals surface area (Å²) in [7, 11) is 0. The molecule has 3 rings (SSSR count). The van der Waals surface area contributed by atoms with Gasteiger partial charge in [0, 0.05) is 6.54 Å². The highest BCUT2D eigenvalue weighted by atomic mass is 15.6. The molecule has 19 heavy (non-hydrogen) atoms. The molecule has 0 N–H and O–H groups in total. The number of hydrogen-bond acceptors (Lipinski definition) is 3. The van der Waals surface area contributed by atoms with E-state index in [1.54, 1.807) is 0 Å². The zero-order valence-corrected chi connectivity index (χ0v) is 10.8. The van der Waals surface area contributed by atoms with E-state index in [1.807, 2.05) is 12.1 Å². The van der Waals surface area contributed by atoms with E-state index in [2.05, 4.69) is 63.9 Å².